The molecule has 1 unspecified atom stereocenters. The molecule has 0 aliphatic heterocycles. The van der Waals surface area contributed by atoms with Crippen molar-refractivity contribution in [2.24, 2.45) is 5.41 Å². The second-order valence-corrected chi connectivity index (χ2v) is 9.41. The van der Waals surface area contributed by atoms with E-state index in [1.807, 2.05) is 0 Å². The van der Waals surface area contributed by atoms with Gasteiger partial charge < -0.3 is 0 Å². The van der Waals surface area contributed by atoms with Crippen LogP contribution in [-0.2, 0) is 18.3 Å². The van der Waals surface area contributed by atoms with Gasteiger partial charge in [-0.3, -0.25) is 0 Å². The lowest BCUT2D eigenvalue weighted by Gasteiger charge is -2.48. The lowest BCUT2D eigenvalue weighted by molar-refractivity contribution is 0.265. The minimum absolute atomic E-state index is 0.102. The van der Waals surface area contributed by atoms with E-state index in [9.17, 15) is 0 Å². The first kappa shape index (κ1) is 18.8. The molecule has 0 amide bonds. The summed E-state index contributed by atoms with van der Waals surface area (Å²) in [6.07, 6.45) is 14.1. The second-order valence-electron chi connectivity index (χ2n) is 9.41. The Morgan fingerprint density at radius 1 is 0.926 bits per heavy atom. The van der Waals surface area contributed by atoms with E-state index in [4.69, 9.17) is 0 Å². The first-order valence-electron chi connectivity index (χ1n) is 11.1. The number of allylic oxidation sites excluding steroid dienone is 5. The fourth-order valence-electron chi connectivity index (χ4n) is 6.42. The molecular weight excluding hydrogens is 324 g/mol. The van der Waals surface area contributed by atoms with Crippen LogP contribution >= 0.6 is 0 Å². The van der Waals surface area contributed by atoms with E-state index in [0.717, 1.165) is 0 Å². The summed E-state index contributed by atoms with van der Waals surface area (Å²) in [4.78, 5) is 0. The highest BCUT2D eigenvalue weighted by Crippen LogP contribution is 2.63. The van der Waals surface area contributed by atoms with Gasteiger partial charge in [-0.15, -0.1) is 0 Å². The molecule has 0 N–H and O–H groups in total. The molecule has 0 aromatic heterocycles. The molecule has 0 saturated carbocycles. The molecule has 0 radical (unpaired) electrons. The third-order valence-electron chi connectivity index (χ3n) is 8.56. The maximum Gasteiger partial charge on any atom is 0.0272 e. The van der Waals surface area contributed by atoms with Crippen molar-refractivity contribution in [3.05, 3.63) is 62.8 Å². The number of fused-ring (bicyclic) bond motifs is 3. The van der Waals surface area contributed by atoms with Gasteiger partial charge in [0.05, 0.1) is 0 Å². The molecule has 0 nitrogen and oxygen atoms in total. The van der Waals surface area contributed by atoms with Crippen LogP contribution in [0.2, 0.25) is 0 Å². The van der Waals surface area contributed by atoms with Crippen molar-refractivity contribution >= 4 is 6.08 Å². The molecule has 1 aromatic carbocycles. The van der Waals surface area contributed by atoms with Gasteiger partial charge in [-0.2, -0.15) is 0 Å². The second kappa shape index (κ2) is 6.50. The van der Waals surface area contributed by atoms with Gasteiger partial charge in [-0.05, 0) is 93.2 Å². The lowest BCUT2D eigenvalue weighted by Crippen LogP contribution is -2.43. The zero-order chi connectivity index (χ0) is 19.4. The van der Waals surface area contributed by atoms with Crippen LogP contribution in [0.4, 0.5) is 0 Å². The highest BCUT2D eigenvalue weighted by atomic mass is 14.6. The Balaban J connectivity index is 2.01. The van der Waals surface area contributed by atoms with Crippen LogP contribution in [0.5, 0.6) is 0 Å². The van der Waals surface area contributed by atoms with Crippen molar-refractivity contribution in [3.63, 3.8) is 0 Å². The van der Waals surface area contributed by atoms with Crippen molar-refractivity contribution in [3.8, 4) is 0 Å². The molecule has 1 aromatic rings. The van der Waals surface area contributed by atoms with Gasteiger partial charge in [0.1, 0.15) is 0 Å². The number of aryl methyl sites for hydroxylation is 1. The van der Waals surface area contributed by atoms with Crippen LogP contribution in [0.15, 0.2) is 40.5 Å². The van der Waals surface area contributed by atoms with Gasteiger partial charge in [-0.1, -0.05) is 62.1 Å². The highest BCUT2D eigenvalue weighted by Gasteiger charge is 2.55. The smallest absolute Gasteiger partial charge is 0.0272 e. The number of benzene rings is 1. The molecule has 0 saturated heterocycles. The average molecular weight is 361 g/mol. The molecule has 144 valence electrons. The fourth-order valence-corrected chi connectivity index (χ4v) is 6.42. The molecule has 0 fully saturated rings. The maximum atomic E-state index is 2.61. The van der Waals surface area contributed by atoms with Crippen molar-refractivity contribution < 1.29 is 0 Å². The van der Waals surface area contributed by atoms with Crippen molar-refractivity contribution in [1.82, 2.24) is 0 Å². The summed E-state index contributed by atoms with van der Waals surface area (Å²) in [5, 5.41) is 0. The Bertz CT molecular complexity index is 850. The van der Waals surface area contributed by atoms with E-state index in [0.29, 0.717) is 0 Å². The van der Waals surface area contributed by atoms with E-state index in [2.05, 4.69) is 65.8 Å². The first-order valence-corrected chi connectivity index (χ1v) is 11.1. The molecule has 27 heavy (non-hydrogen) atoms. The first-order chi connectivity index (χ1) is 12.9. The molecule has 4 rings (SSSR count). The summed E-state index contributed by atoms with van der Waals surface area (Å²) in [7, 11) is 0. The summed E-state index contributed by atoms with van der Waals surface area (Å²) in [6.45, 7) is 14.4. The third-order valence-corrected chi connectivity index (χ3v) is 8.56. The van der Waals surface area contributed by atoms with E-state index in [-0.39, 0.29) is 10.8 Å². The van der Waals surface area contributed by atoms with Gasteiger partial charge in [0, 0.05) is 10.8 Å². The molecular formula is C27H36. The topological polar surface area (TPSA) is 0 Å². The summed E-state index contributed by atoms with van der Waals surface area (Å²) >= 11 is 0. The molecule has 1 atom stereocenters. The van der Waals surface area contributed by atoms with E-state index >= 15 is 0 Å². The molecule has 3 aliphatic rings. The van der Waals surface area contributed by atoms with Crippen LogP contribution in [-0.4, -0.2) is 0 Å². The minimum atomic E-state index is 0.102. The van der Waals surface area contributed by atoms with E-state index in [1.165, 1.54) is 61.7 Å². The van der Waals surface area contributed by atoms with Gasteiger partial charge in [-0.25, -0.2) is 0 Å². The van der Waals surface area contributed by atoms with Crippen LogP contribution in [0.3, 0.4) is 0 Å². The summed E-state index contributed by atoms with van der Waals surface area (Å²) in [5.74, 6) is 0. The summed E-state index contributed by atoms with van der Waals surface area (Å²) < 4.78 is 0. The van der Waals surface area contributed by atoms with Gasteiger partial charge in [0.25, 0.3) is 0 Å². The SMILES string of the molecule is CCCCC1(C2(C)C(C)=C(C)C(C)=C2C)C=Cc2ccc3c(c21)CCCC3. The Hall–Kier alpha value is -1.56. The van der Waals surface area contributed by atoms with Gasteiger partial charge in [0.15, 0.2) is 0 Å². The summed E-state index contributed by atoms with van der Waals surface area (Å²) in [6, 6.07) is 4.84. The summed E-state index contributed by atoms with van der Waals surface area (Å²) in [5.41, 5.74) is 13.0. The lowest BCUT2D eigenvalue weighted by atomic mass is 9.54. The van der Waals surface area contributed by atoms with Gasteiger partial charge >= 0.3 is 0 Å². The maximum absolute atomic E-state index is 2.61. The van der Waals surface area contributed by atoms with Crippen molar-refractivity contribution in [2.45, 2.75) is 91.9 Å². The molecule has 0 heterocycles. The van der Waals surface area contributed by atoms with E-state index < -0.39 is 0 Å². The Labute approximate surface area is 166 Å². The largest absolute Gasteiger partial charge is 0.0721 e. The highest BCUT2D eigenvalue weighted by molar-refractivity contribution is 5.72. The fraction of sp³-hybridized carbons (Fsp3) is 0.556. The molecule has 0 heteroatoms. The molecule has 3 aliphatic carbocycles. The monoisotopic (exact) mass is 360 g/mol. The Kier molecular flexibility index (Phi) is 4.53. The standard InChI is InChI=1S/C27H36/c1-7-8-16-27(26(6)20(4)18(2)19(3)21(26)5)17-15-23-14-13-22-11-9-10-12-24(22)25(23)27/h13-15,17H,7-12,16H2,1-6H3. The zero-order valence-electron chi connectivity index (χ0n) is 18.3. The normalized spacial score (nSPS) is 26.0. The Morgan fingerprint density at radius 3 is 2.26 bits per heavy atom. The van der Waals surface area contributed by atoms with Crippen LogP contribution < -0.4 is 0 Å². The number of unbranched alkanes of at least 4 members (excludes halogenated alkanes) is 1. The number of hydrogen-bond acceptors (Lipinski definition) is 0. The quantitative estimate of drug-likeness (QED) is 0.515. The van der Waals surface area contributed by atoms with Crippen LogP contribution in [0.1, 0.15) is 95.9 Å². The van der Waals surface area contributed by atoms with Crippen LogP contribution in [0, 0.1) is 5.41 Å². The number of hydrogen-bond donors (Lipinski definition) is 0. The zero-order valence-corrected chi connectivity index (χ0v) is 18.3. The predicted molar refractivity (Wildman–Crippen MR) is 118 cm³/mol. The van der Waals surface area contributed by atoms with Crippen molar-refractivity contribution in [2.75, 3.05) is 0 Å². The minimum Gasteiger partial charge on any atom is -0.0721 e. The van der Waals surface area contributed by atoms with E-state index in [1.54, 1.807) is 27.8 Å². The van der Waals surface area contributed by atoms with Crippen molar-refractivity contribution in [1.29, 1.82) is 0 Å². The number of rotatable bonds is 4. The van der Waals surface area contributed by atoms with Crippen LogP contribution in [0.25, 0.3) is 6.08 Å². The third kappa shape index (κ3) is 2.35. The average Bonchev–Trinajstić information content (AvgIpc) is 3.15. The molecule has 0 spiro atoms. The van der Waals surface area contributed by atoms with Gasteiger partial charge in [0.2, 0.25) is 0 Å². The predicted octanol–water partition coefficient (Wildman–Crippen LogP) is 7.71. The Morgan fingerprint density at radius 2 is 1.59 bits per heavy atom. The molecule has 0 bridgehead atoms.